The maximum atomic E-state index is 5.72. The van der Waals surface area contributed by atoms with Crippen molar-refractivity contribution in [2.75, 3.05) is 6.54 Å². The van der Waals surface area contributed by atoms with E-state index in [0.717, 1.165) is 30.8 Å². The first-order valence-corrected chi connectivity index (χ1v) is 6.72. The van der Waals surface area contributed by atoms with E-state index >= 15 is 0 Å². The van der Waals surface area contributed by atoms with Crippen molar-refractivity contribution >= 4 is 0 Å². The third-order valence-electron chi connectivity index (χ3n) is 2.73. The Balaban J connectivity index is 2.60. The molecule has 0 saturated carbocycles. The van der Waals surface area contributed by atoms with Crippen molar-refractivity contribution in [3.05, 3.63) is 17.5 Å². The molecule has 1 aromatic heterocycles. The summed E-state index contributed by atoms with van der Waals surface area (Å²) in [7, 11) is 0. The zero-order valence-electron chi connectivity index (χ0n) is 12.2. The van der Waals surface area contributed by atoms with Crippen molar-refractivity contribution in [1.82, 2.24) is 15.3 Å². The Hall–Kier alpha value is -1.16. The average molecular weight is 251 g/mol. The summed E-state index contributed by atoms with van der Waals surface area (Å²) in [5.41, 5.74) is 2.11. The van der Waals surface area contributed by atoms with Crippen molar-refractivity contribution in [3.63, 3.8) is 0 Å². The first-order chi connectivity index (χ1) is 8.52. The van der Waals surface area contributed by atoms with Crippen LogP contribution in [0.3, 0.4) is 0 Å². The number of aryl methyl sites for hydroxylation is 1. The van der Waals surface area contributed by atoms with Gasteiger partial charge < -0.3 is 10.1 Å². The first kappa shape index (κ1) is 14.9. The molecular formula is C14H25N3O. The van der Waals surface area contributed by atoms with Crippen LogP contribution in [0.1, 0.15) is 45.4 Å². The largest absolute Gasteiger partial charge is 0.460 e. The molecule has 0 spiro atoms. The standard InChI is InChI=1S/C14H25N3O/c1-6-15-8-13-9-16-14(17-12(13)5)18-11(4)7-10(2)3/h9-11,15H,6-8H2,1-5H3. The van der Waals surface area contributed by atoms with Crippen LogP contribution in [0.15, 0.2) is 6.20 Å². The second-order valence-electron chi connectivity index (χ2n) is 5.10. The van der Waals surface area contributed by atoms with Crippen molar-refractivity contribution in [2.24, 2.45) is 5.92 Å². The fourth-order valence-corrected chi connectivity index (χ4v) is 1.85. The maximum Gasteiger partial charge on any atom is 0.316 e. The molecule has 0 radical (unpaired) electrons. The molecule has 1 unspecified atom stereocenters. The lowest BCUT2D eigenvalue weighted by atomic mass is 10.1. The molecule has 102 valence electrons. The summed E-state index contributed by atoms with van der Waals surface area (Å²) < 4.78 is 5.72. The SMILES string of the molecule is CCNCc1cnc(OC(C)CC(C)C)nc1C. The molecule has 4 nitrogen and oxygen atoms in total. The molecule has 1 N–H and O–H groups in total. The van der Waals surface area contributed by atoms with Gasteiger partial charge in [0, 0.05) is 24.0 Å². The number of aromatic nitrogens is 2. The highest BCUT2D eigenvalue weighted by molar-refractivity contribution is 5.17. The number of nitrogens with zero attached hydrogens (tertiary/aromatic N) is 2. The molecule has 18 heavy (non-hydrogen) atoms. The van der Waals surface area contributed by atoms with Gasteiger partial charge in [0.15, 0.2) is 0 Å². The van der Waals surface area contributed by atoms with E-state index in [4.69, 9.17) is 4.74 Å². The maximum absolute atomic E-state index is 5.72. The van der Waals surface area contributed by atoms with Gasteiger partial charge in [-0.3, -0.25) is 0 Å². The van der Waals surface area contributed by atoms with Crippen LogP contribution in [0.5, 0.6) is 6.01 Å². The van der Waals surface area contributed by atoms with Gasteiger partial charge in [0.05, 0.1) is 6.10 Å². The fraction of sp³-hybridized carbons (Fsp3) is 0.714. The number of ether oxygens (including phenoxy) is 1. The molecule has 1 rings (SSSR count). The monoisotopic (exact) mass is 251 g/mol. The zero-order valence-corrected chi connectivity index (χ0v) is 12.2. The Labute approximate surface area is 110 Å². The summed E-state index contributed by atoms with van der Waals surface area (Å²) >= 11 is 0. The minimum absolute atomic E-state index is 0.156. The summed E-state index contributed by atoms with van der Waals surface area (Å²) in [6, 6.07) is 0.487. The van der Waals surface area contributed by atoms with Crippen LogP contribution in [0, 0.1) is 12.8 Å². The van der Waals surface area contributed by atoms with Crippen molar-refractivity contribution < 1.29 is 4.74 Å². The highest BCUT2D eigenvalue weighted by atomic mass is 16.5. The van der Waals surface area contributed by atoms with Crippen LogP contribution >= 0.6 is 0 Å². The van der Waals surface area contributed by atoms with Crippen molar-refractivity contribution in [3.8, 4) is 6.01 Å². The van der Waals surface area contributed by atoms with Gasteiger partial charge in [-0.25, -0.2) is 9.97 Å². The van der Waals surface area contributed by atoms with E-state index in [1.165, 1.54) is 0 Å². The van der Waals surface area contributed by atoms with Gasteiger partial charge in [0.25, 0.3) is 0 Å². The summed E-state index contributed by atoms with van der Waals surface area (Å²) in [5.74, 6) is 0.620. The highest BCUT2D eigenvalue weighted by Gasteiger charge is 2.10. The van der Waals surface area contributed by atoms with E-state index < -0.39 is 0 Å². The normalized spacial score (nSPS) is 12.8. The van der Waals surface area contributed by atoms with Crippen LogP contribution in [0.2, 0.25) is 0 Å². The van der Waals surface area contributed by atoms with Gasteiger partial charge in [-0.15, -0.1) is 0 Å². The lowest BCUT2D eigenvalue weighted by Gasteiger charge is -2.15. The Kier molecular flexibility index (Phi) is 6.05. The fourth-order valence-electron chi connectivity index (χ4n) is 1.85. The van der Waals surface area contributed by atoms with Gasteiger partial charge in [-0.2, -0.15) is 0 Å². The summed E-state index contributed by atoms with van der Waals surface area (Å²) in [6.07, 6.45) is 3.02. The number of nitrogens with one attached hydrogen (secondary N) is 1. The lowest BCUT2D eigenvalue weighted by Crippen LogP contribution is -2.17. The molecule has 1 aromatic rings. The topological polar surface area (TPSA) is 47.0 Å². The third kappa shape index (κ3) is 5.00. The zero-order chi connectivity index (χ0) is 13.5. The van der Waals surface area contributed by atoms with Gasteiger partial charge in [-0.05, 0) is 32.7 Å². The Bertz CT molecular complexity index is 366. The molecule has 0 bridgehead atoms. The molecule has 0 fully saturated rings. The number of rotatable bonds is 7. The van der Waals surface area contributed by atoms with E-state index in [-0.39, 0.29) is 6.10 Å². The minimum Gasteiger partial charge on any atom is -0.460 e. The van der Waals surface area contributed by atoms with E-state index in [9.17, 15) is 0 Å². The van der Waals surface area contributed by atoms with Crippen LogP contribution < -0.4 is 10.1 Å². The minimum atomic E-state index is 0.156. The Morgan fingerprint density at radius 3 is 2.61 bits per heavy atom. The molecule has 0 aliphatic heterocycles. The molecule has 0 amide bonds. The van der Waals surface area contributed by atoms with Crippen LogP contribution in [-0.2, 0) is 6.54 Å². The van der Waals surface area contributed by atoms with Crippen molar-refractivity contribution in [2.45, 2.75) is 53.7 Å². The summed E-state index contributed by atoms with van der Waals surface area (Å²) in [6.45, 7) is 12.3. The van der Waals surface area contributed by atoms with Gasteiger partial charge >= 0.3 is 6.01 Å². The molecule has 0 saturated heterocycles. The smallest absolute Gasteiger partial charge is 0.316 e. The molecule has 0 aliphatic carbocycles. The van der Waals surface area contributed by atoms with Crippen LogP contribution in [0.4, 0.5) is 0 Å². The number of hydrogen-bond donors (Lipinski definition) is 1. The second-order valence-corrected chi connectivity index (χ2v) is 5.10. The predicted octanol–water partition coefficient (Wildman–Crippen LogP) is 2.71. The first-order valence-electron chi connectivity index (χ1n) is 6.72. The molecular weight excluding hydrogens is 226 g/mol. The third-order valence-corrected chi connectivity index (χ3v) is 2.73. The Morgan fingerprint density at radius 1 is 1.33 bits per heavy atom. The van der Waals surface area contributed by atoms with E-state index in [1.807, 2.05) is 13.1 Å². The molecule has 1 heterocycles. The van der Waals surface area contributed by atoms with E-state index in [0.29, 0.717) is 11.9 Å². The van der Waals surface area contributed by atoms with Gasteiger partial charge in [0.2, 0.25) is 0 Å². The summed E-state index contributed by atoms with van der Waals surface area (Å²) in [5, 5.41) is 3.27. The quantitative estimate of drug-likeness (QED) is 0.809. The molecule has 0 aliphatic rings. The van der Waals surface area contributed by atoms with Gasteiger partial charge in [-0.1, -0.05) is 20.8 Å². The summed E-state index contributed by atoms with van der Waals surface area (Å²) in [4.78, 5) is 8.67. The van der Waals surface area contributed by atoms with E-state index in [2.05, 4.69) is 43.0 Å². The molecule has 1 atom stereocenters. The van der Waals surface area contributed by atoms with E-state index in [1.54, 1.807) is 0 Å². The molecule has 4 heteroatoms. The second kappa shape index (κ2) is 7.31. The van der Waals surface area contributed by atoms with Crippen LogP contribution in [-0.4, -0.2) is 22.6 Å². The Morgan fingerprint density at radius 2 is 2.06 bits per heavy atom. The highest BCUT2D eigenvalue weighted by Crippen LogP contribution is 2.13. The lowest BCUT2D eigenvalue weighted by molar-refractivity contribution is 0.177. The average Bonchev–Trinajstić information content (AvgIpc) is 2.26. The van der Waals surface area contributed by atoms with Crippen LogP contribution in [0.25, 0.3) is 0 Å². The van der Waals surface area contributed by atoms with Crippen molar-refractivity contribution in [1.29, 1.82) is 0 Å². The molecule has 0 aromatic carbocycles. The predicted molar refractivity (Wildman–Crippen MR) is 73.7 cm³/mol. The van der Waals surface area contributed by atoms with Gasteiger partial charge in [0.1, 0.15) is 0 Å². The number of hydrogen-bond acceptors (Lipinski definition) is 4.